The van der Waals surface area contributed by atoms with E-state index in [1.54, 1.807) is 7.11 Å². The Labute approximate surface area is 143 Å². The number of carbonyl (C=O) groups excluding carboxylic acids is 1. The number of H-pyrrole nitrogens is 1. The second-order valence-electron chi connectivity index (χ2n) is 5.33. The number of nitrogens with one attached hydrogen (secondary N) is 2. The fraction of sp³-hybridized carbons (Fsp3) is 0.176. The Morgan fingerprint density at radius 3 is 2.68 bits per heavy atom. The summed E-state index contributed by atoms with van der Waals surface area (Å²) >= 11 is 0. The Morgan fingerprint density at radius 1 is 1.24 bits per heavy atom. The number of anilines is 1. The molecule has 2 aromatic carbocycles. The molecule has 0 aliphatic rings. The van der Waals surface area contributed by atoms with E-state index in [0.29, 0.717) is 17.9 Å². The average Bonchev–Trinajstić information content (AvgIpc) is 3.16. The lowest BCUT2D eigenvalue weighted by molar-refractivity contribution is -0.117. The van der Waals surface area contributed by atoms with Crippen LogP contribution in [0, 0.1) is 5.82 Å². The topological polar surface area (TPSA) is 92.8 Å². The van der Waals surface area contributed by atoms with Crippen molar-refractivity contribution >= 4 is 11.6 Å². The van der Waals surface area contributed by atoms with E-state index in [1.165, 1.54) is 24.3 Å². The molecule has 0 saturated heterocycles. The van der Waals surface area contributed by atoms with Gasteiger partial charge >= 0.3 is 0 Å². The monoisotopic (exact) mass is 341 g/mol. The summed E-state index contributed by atoms with van der Waals surface area (Å²) < 4.78 is 18.4. The second kappa shape index (κ2) is 7.52. The predicted octanol–water partition coefficient (Wildman–Crippen LogP) is 2.31. The van der Waals surface area contributed by atoms with Gasteiger partial charge in [0.15, 0.2) is 5.82 Å². The van der Waals surface area contributed by atoms with Gasteiger partial charge in [-0.05, 0) is 42.3 Å². The van der Waals surface area contributed by atoms with Crippen LogP contribution in [0.2, 0.25) is 0 Å². The van der Waals surface area contributed by atoms with Gasteiger partial charge in [-0.1, -0.05) is 23.4 Å². The van der Waals surface area contributed by atoms with Gasteiger partial charge in [0.05, 0.1) is 7.11 Å². The molecule has 0 fully saturated rings. The summed E-state index contributed by atoms with van der Waals surface area (Å²) in [6, 6.07) is 12.9. The van der Waals surface area contributed by atoms with E-state index in [2.05, 4.69) is 25.9 Å². The Balaban J connectivity index is 1.84. The molecule has 0 saturated carbocycles. The molecule has 0 radical (unpaired) electrons. The Bertz CT molecular complexity index is 837. The molecule has 0 aliphatic carbocycles. The molecule has 1 unspecified atom stereocenters. The van der Waals surface area contributed by atoms with Crippen molar-refractivity contribution in [3.05, 3.63) is 65.7 Å². The molecule has 3 rings (SSSR count). The summed E-state index contributed by atoms with van der Waals surface area (Å²) in [6.45, 7) is 0. The molecule has 8 heteroatoms. The van der Waals surface area contributed by atoms with E-state index in [0.717, 1.165) is 5.56 Å². The first-order valence-corrected chi connectivity index (χ1v) is 7.59. The summed E-state index contributed by atoms with van der Waals surface area (Å²) in [5.41, 5.74) is 1.33. The summed E-state index contributed by atoms with van der Waals surface area (Å²) in [7, 11) is 1.57. The quantitative estimate of drug-likeness (QED) is 0.718. The molecule has 1 atom stereocenters. The van der Waals surface area contributed by atoms with Gasteiger partial charge in [0.25, 0.3) is 0 Å². The maximum atomic E-state index is 13.0. The first kappa shape index (κ1) is 16.6. The lowest BCUT2D eigenvalue weighted by Gasteiger charge is -2.15. The molecule has 2 N–H and O–H groups in total. The van der Waals surface area contributed by atoms with E-state index in [9.17, 15) is 9.18 Å². The molecular weight excluding hydrogens is 325 g/mol. The fourth-order valence-corrected chi connectivity index (χ4v) is 2.47. The SMILES string of the molecule is COc1ccccc1CC(C(=O)Nc1ccc(F)cc1)c1nn[nH]n1. The highest BCUT2D eigenvalue weighted by molar-refractivity contribution is 5.95. The van der Waals surface area contributed by atoms with Crippen LogP contribution < -0.4 is 10.1 Å². The van der Waals surface area contributed by atoms with Crippen molar-refractivity contribution in [3.8, 4) is 5.75 Å². The highest BCUT2D eigenvalue weighted by atomic mass is 19.1. The molecule has 0 aliphatic heterocycles. The number of rotatable bonds is 6. The zero-order valence-corrected chi connectivity index (χ0v) is 13.4. The maximum absolute atomic E-state index is 13.0. The first-order chi connectivity index (χ1) is 12.2. The summed E-state index contributed by atoms with van der Waals surface area (Å²) in [4.78, 5) is 12.7. The molecule has 25 heavy (non-hydrogen) atoms. The van der Waals surface area contributed by atoms with Crippen molar-refractivity contribution in [2.24, 2.45) is 0 Å². The van der Waals surface area contributed by atoms with Crippen molar-refractivity contribution in [2.75, 3.05) is 12.4 Å². The zero-order valence-electron chi connectivity index (χ0n) is 13.4. The van der Waals surface area contributed by atoms with Crippen LogP contribution in [0.25, 0.3) is 0 Å². The molecule has 3 aromatic rings. The van der Waals surface area contributed by atoms with Gasteiger partial charge in [-0.25, -0.2) is 4.39 Å². The first-order valence-electron chi connectivity index (χ1n) is 7.59. The van der Waals surface area contributed by atoms with Crippen LogP contribution in [0.3, 0.4) is 0 Å². The summed E-state index contributed by atoms with van der Waals surface area (Å²) in [6.07, 6.45) is 0.330. The van der Waals surface area contributed by atoms with Gasteiger partial charge in [0.1, 0.15) is 17.5 Å². The molecule has 1 amide bonds. The maximum Gasteiger partial charge on any atom is 0.235 e. The van der Waals surface area contributed by atoms with Gasteiger partial charge in [-0.15, -0.1) is 10.2 Å². The highest BCUT2D eigenvalue weighted by Crippen LogP contribution is 2.26. The number of hydrogen-bond donors (Lipinski definition) is 2. The number of amides is 1. The summed E-state index contributed by atoms with van der Waals surface area (Å²) in [5, 5.41) is 16.5. The Kier molecular flexibility index (Phi) is 4.98. The third-order valence-electron chi connectivity index (χ3n) is 3.72. The minimum absolute atomic E-state index is 0.269. The van der Waals surface area contributed by atoms with Crippen LogP contribution in [0.1, 0.15) is 17.3 Å². The van der Waals surface area contributed by atoms with Crippen LogP contribution in [0.15, 0.2) is 48.5 Å². The molecule has 1 aromatic heterocycles. The Morgan fingerprint density at radius 2 is 2.00 bits per heavy atom. The number of nitrogens with zero attached hydrogens (tertiary/aromatic N) is 3. The normalized spacial score (nSPS) is 11.8. The number of hydrogen-bond acceptors (Lipinski definition) is 5. The third-order valence-corrected chi connectivity index (χ3v) is 3.72. The zero-order chi connectivity index (χ0) is 17.6. The van der Waals surface area contributed by atoms with Gasteiger partial charge in [0.2, 0.25) is 5.91 Å². The van der Waals surface area contributed by atoms with Gasteiger partial charge in [0, 0.05) is 5.69 Å². The summed E-state index contributed by atoms with van der Waals surface area (Å²) in [5.74, 6) is -0.433. The van der Waals surface area contributed by atoms with E-state index in [-0.39, 0.29) is 17.5 Å². The minimum atomic E-state index is -0.680. The van der Waals surface area contributed by atoms with Crippen molar-refractivity contribution in [2.45, 2.75) is 12.3 Å². The number of tetrazole rings is 1. The molecule has 0 spiro atoms. The number of methoxy groups -OCH3 is 1. The molecule has 1 heterocycles. The standard InChI is InChI=1S/C17H16FN5O2/c1-25-15-5-3-2-4-11(15)10-14(16-20-22-23-21-16)17(24)19-13-8-6-12(18)7-9-13/h2-9,14H,10H2,1H3,(H,19,24)(H,20,21,22,23). The lowest BCUT2D eigenvalue weighted by atomic mass is 9.97. The average molecular weight is 341 g/mol. The highest BCUT2D eigenvalue weighted by Gasteiger charge is 2.26. The smallest absolute Gasteiger partial charge is 0.235 e. The van der Waals surface area contributed by atoms with E-state index in [1.807, 2.05) is 24.3 Å². The van der Waals surface area contributed by atoms with Crippen molar-refractivity contribution < 1.29 is 13.9 Å². The lowest BCUT2D eigenvalue weighted by Crippen LogP contribution is -2.24. The van der Waals surface area contributed by atoms with Crippen molar-refractivity contribution in [1.82, 2.24) is 20.6 Å². The van der Waals surface area contributed by atoms with Gasteiger partial charge in [-0.3, -0.25) is 4.79 Å². The molecule has 7 nitrogen and oxygen atoms in total. The van der Waals surface area contributed by atoms with Crippen LogP contribution in [-0.4, -0.2) is 33.6 Å². The third kappa shape index (κ3) is 3.97. The van der Waals surface area contributed by atoms with Crippen LogP contribution in [0.4, 0.5) is 10.1 Å². The number of benzene rings is 2. The molecule has 128 valence electrons. The van der Waals surface area contributed by atoms with Crippen LogP contribution in [0.5, 0.6) is 5.75 Å². The number of halogens is 1. The van der Waals surface area contributed by atoms with E-state index >= 15 is 0 Å². The predicted molar refractivity (Wildman–Crippen MR) is 88.6 cm³/mol. The van der Waals surface area contributed by atoms with Crippen molar-refractivity contribution in [3.63, 3.8) is 0 Å². The number of ether oxygens (including phenoxy) is 1. The number of aromatic amines is 1. The van der Waals surface area contributed by atoms with Gasteiger partial charge in [-0.2, -0.15) is 5.21 Å². The second-order valence-corrected chi connectivity index (χ2v) is 5.33. The van der Waals surface area contributed by atoms with Crippen LogP contribution >= 0.6 is 0 Å². The number of para-hydroxylation sites is 1. The van der Waals surface area contributed by atoms with Crippen molar-refractivity contribution in [1.29, 1.82) is 0 Å². The minimum Gasteiger partial charge on any atom is -0.496 e. The largest absolute Gasteiger partial charge is 0.496 e. The van der Waals surface area contributed by atoms with E-state index in [4.69, 9.17) is 4.74 Å². The molecule has 0 bridgehead atoms. The fourth-order valence-electron chi connectivity index (χ4n) is 2.47. The Hall–Kier alpha value is -3.29. The number of carbonyl (C=O) groups is 1. The van der Waals surface area contributed by atoms with Crippen LogP contribution in [-0.2, 0) is 11.2 Å². The van der Waals surface area contributed by atoms with Gasteiger partial charge < -0.3 is 10.1 Å². The number of aromatic nitrogens is 4. The molecular formula is C17H16FN5O2. The van der Waals surface area contributed by atoms with E-state index < -0.39 is 5.92 Å².